The molecule has 0 spiro atoms. The number of ether oxygens (including phenoxy) is 4. The van der Waals surface area contributed by atoms with Gasteiger partial charge in [0, 0.05) is 56.9 Å². The summed E-state index contributed by atoms with van der Waals surface area (Å²) in [5, 5.41) is 3.43. The molecule has 5 rings (SSSR count). The molecule has 0 amide bonds. The third-order valence-corrected chi connectivity index (χ3v) is 10.2. The fraction of sp³-hybridized carbons (Fsp3) is 0.476. The summed E-state index contributed by atoms with van der Waals surface area (Å²) in [4.78, 5) is 29.0. The van der Waals surface area contributed by atoms with Crippen molar-refractivity contribution in [2.45, 2.75) is 88.3 Å². The quantitative estimate of drug-likeness (QED) is 0.0871. The molecule has 0 radical (unpaired) electrons. The third kappa shape index (κ3) is 9.69. The Bertz CT molecular complexity index is 1520. The molecule has 2 fully saturated rings. The van der Waals surface area contributed by atoms with Crippen LogP contribution < -0.4 is 19.7 Å². The standard InChI is InChI=1S/C42H54N2O6/c1-4-5-6-7-8-9-13-19-39(45)49-42(34-15-11-10-12-16-34)22-26-44(27-23-42)36-18-14-17-35(31-36)41(20-24-43-25-21-41)50-40(46)30-33-28-37(47-2)32-38(29-33)48-3/h4,10-12,14-18,28-29,31-32,43H,1,5-9,13,19-27,30H2,2-3H3. The Morgan fingerprint density at radius 3 is 2.04 bits per heavy atom. The Morgan fingerprint density at radius 1 is 0.740 bits per heavy atom. The number of rotatable bonds is 17. The Morgan fingerprint density at radius 2 is 1.36 bits per heavy atom. The number of anilines is 1. The topological polar surface area (TPSA) is 86.3 Å². The van der Waals surface area contributed by atoms with Crippen LogP contribution in [0.15, 0.2) is 85.5 Å². The molecule has 3 aromatic carbocycles. The summed E-state index contributed by atoms with van der Waals surface area (Å²) in [7, 11) is 3.20. The number of hydrogen-bond acceptors (Lipinski definition) is 8. The lowest BCUT2D eigenvalue weighted by molar-refractivity contribution is -0.165. The number of nitrogens with one attached hydrogen (secondary N) is 1. The maximum Gasteiger partial charge on any atom is 0.311 e. The van der Waals surface area contributed by atoms with Crippen LogP contribution in [0.1, 0.15) is 87.3 Å². The van der Waals surface area contributed by atoms with E-state index in [1.165, 1.54) is 6.42 Å². The molecule has 0 bridgehead atoms. The van der Waals surface area contributed by atoms with Crippen molar-refractivity contribution >= 4 is 17.6 Å². The second-order valence-corrected chi connectivity index (χ2v) is 13.6. The van der Waals surface area contributed by atoms with E-state index in [0.29, 0.717) is 43.6 Å². The summed E-state index contributed by atoms with van der Waals surface area (Å²) in [6, 6.07) is 24.1. The van der Waals surface area contributed by atoms with Crippen molar-refractivity contribution in [2.24, 2.45) is 0 Å². The van der Waals surface area contributed by atoms with Gasteiger partial charge in [-0.25, -0.2) is 0 Å². The Kier molecular flexibility index (Phi) is 13.4. The number of unbranched alkanes of at least 4 members (excludes halogenated alkanes) is 5. The fourth-order valence-electron chi connectivity index (χ4n) is 7.33. The summed E-state index contributed by atoms with van der Waals surface area (Å²) in [5.74, 6) is 0.870. The normalized spacial score (nSPS) is 16.6. The van der Waals surface area contributed by atoms with Crippen LogP contribution in [0.4, 0.5) is 5.69 Å². The molecule has 3 aromatic rings. The highest BCUT2D eigenvalue weighted by Gasteiger charge is 2.41. The highest BCUT2D eigenvalue weighted by molar-refractivity contribution is 5.74. The molecule has 2 saturated heterocycles. The van der Waals surface area contributed by atoms with Gasteiger partial charge in [0.15, 0.2) is 0 Å². The first kappa shape index (κ1) is 37.0. The van der Waals surface area contributed by atoms with Gasteiger partial charge in [-0.1, -0.05) is 67.8 Å². The van der Waals surface area contributed by atoms with E-state index in [1.807, 2.05) is 36.4 Å². The van der Waals surface area contributed by atoms with Gasteiger partial charge in [-0.15, -0.1) is 6.58 Å². The summed E-state index contributed by atoms with van der Waals surface area (Å²) >= 11 is 0. The molecular formula is C42H54N2O6. The minimum absolute atomic E-state index is 0.113. The van der Waals surface area contributed by atoms with Crippen LogP contribution in [-0.4, -0.2) is 52.3 Å². The molecule has 2 heterocycles. The van der Waals surface area contributed by atoms with Gasteiger partial charge in [0.05, 0.1) is 20.6 Å². The molecule has 50 heavy (non-hydrogen) atoms. The van der Waals surface area contributed by atoms with Crippen molar-refractivity contribution in [3.63, 3.8) is 0 Å². The maximum atomic E-state index is 13.5. The molecule has 2 aliphatic rings. The summed E-state index contributed by atoms with van der Waals surface area (Å²) in [6.45, 7) is 6.78. The molecule has 8 heteroatoms. The van der Waals surface area contributed by atoms with E-state index >= 15 is 0 Å². The number of nitrogens with zero attached hydrogens (tertiary/aromatic N) is 1. The average molecular weight is 683 g/mol. The smallest absolute Gasteiger partial charge is 0.311 e. The van der Waals surface area contributed by atoms with Gasteiger partial charge in [0.2, 0.25) is 0 Å². The number of benzene rings is 3. The van der Waals surface area contributed by atoms with Crippen LogP contribution in [0, 0.1) is 0 Å². The SMILES string of the molecule is C=CCCCCCCCC(=O)OC1(c2ccccc2)CCN(c2cccc(C3(OC(=O)Cc4cc(OC)cc(OC)c4)CCNCC3)c2)CC1. The lowest BCUT2D eigenvalue weighted by Crippen LogP contribution is -2.46. The van der Waals surface area contributed by atoms with Crippen molar-refractivity contribution in [3.8, 4) is 11.5 Å². The van der Waals surface area contributed by atoms with Crippen molar-refractivity contribution in [3.05, 3.63) is 102 Å². The number of esters is 2. The van der Waals surface area contributed by atoms with Crippen LogP contribution in [0.3, 0.4) is 0 Å². The Balaban J connectivity index is 1.26. The van der Waals surface area contributed by atoms with E-state index in [2.05, 4.69) is 53.2 Å². The lowest BCUT2D eigenvalue weighted by Gasteiger charge is -2.43. The number of hydrogen-bond donors (Lipinski definition) is 1. The van der Waals surface area contributed by atoms with E-state index in [-0.39, 0.29) is 18.4 Å². The summed E-state index contributed by atoms with van der Waals surface area (Å²) < 4.78 is 23.6. The molecule has 0 aliphatic carbocycles. The third-order valence-electron chi connectivity index (χ3n) is 10.2. The number of carbonyl (C=O) groups is 2. The van der Waals surface area contributed by atoms with Crippen LogP contribution >= 0.6 is 0 Å². The zero-order valence-electron chi connectivity index (χ0n) is 29.9. The number of carbonyl (C=O) groups excluding carboxylic acids is 2. The van der Waals surface area contributed by atoms with Crippen molar-refractivity contribution < 1.29 is 28.5 Å². The molecule has 0 atom stereocenters. The maximum absolute atomic E-state index is 13.5. The Labute approximate surface area is 298 Å². The predicted molar refractivity (Wildman–Crippen MR) is 198 cm³/mol. The van der Waals surface area contributed by atoms with Crippen LogP contribution in [0.25, 0.3) is 0 Å². The zero-order valence-corrected chi connectivity index (χ0v) is 29.9. The van der Waals surface area contributed by atoms with Crippen molar-refractivity contribution in [1.82, 2.24) is 5.32 Å². The lowest BCUT2D eigenvalue weighted by atomic mass is 9.82. The first-order chi connectivity index (χ1) is 24.4. The van der Waals surface area contributed by atoms with Gasteiger partial charge in [-0.3, -0.25) is 9.59 Å². The molecule has 0 saturated carbocycles. The molecular weight excluding hydrogens is 628 g/mol. The van der Waals surface area contributed by atoms with E-state index in [1.54, 1.807) is 20.3 Å². The van der Waals surface area contributed by atoms with E-state index in [9.17, 15) is 9.59 Å². The first-order valence-corrected chi connectivity index (χ1v) is 18.3. The molecule has 1 N–H and O–H groups in total. The fourth-order valence-corrected chi connectivity index (χ4v) is 7.33. The molecule has 8 nitrogen and oxygen atoms in total. The van der Waals surface area contributed by atoms with Crippen molar-refractivity contribution in [2.75, 3.05) is 45.3 Å². The molecule has 268 valence electrons. The van der Waals surface area contributed by atoms with Gasteiger partial charge in [0.1, 0.15) is 22.7 Å². The van der Waals surface area contributed by atoms with Gasteiger partial charge >= 0.3 is 11.9 Å². The number of piperidine rings is 2. The minimum Gasteiger partial charge on any atom is -0.497 e. The highest BCUT2D eigenvalue weighted by atomic mass is 16.6. The van der Waals surface area contributed by atoms with E-state index < -0.39 is 11.2 Å². The number of methoxy groups -OCH3 is 2. The van der Waals surface area contributed by atoms with Crippen LogP contribution in [-0.2, 0) is 36.7 Å². The van der Waals surface area contributed by atoms with Gasteiger partial charge < -0.3 is 29.2 Å². The van der Waals surface area contributed by atoms with Crippen molar-refractivity contribution in [1.29, 1.82) is 0 Å². The van der Waals surface area contributed by atoms with E-state index in [0.717, 1.165) is 80.7 Å². The van der Waals surface area contributed by atoms with Gasteiger partial charge in [-0.2, -0.15) is 0 Å². The minimum atomic E-state index is -0.730. The second kappa shape index (κ2) is 18.1. The molecule has 0 aromatic heterocycles. The monoisotopic (exact) mass is 682 g/mol. The first-order valence-electron chi connectivity index (χ1n) is 18.3. The van der Waals surface area contributed by atoms with Gasteiger partial charge in [-0.05, 0) is 73.3 Å². The summed E-state index contributed by atoms with van der Waals surface area (Å²) in [6.07, 6.45) is 11.7. The van der Waals surface area contributed by atoms with E-state index in [4.69, 9.17) is 18.9 Å². The summed E-state index contributed by atoms with van der Waals surface area (Å²) in [5.41, 5.74) is 2.54. The molecule has 0 unspecified atom stereocenters. The van der Waals surface area contributed by atoms with Crippen LogP contribution in [0.5, 0.6) is 11.5 Å². The highest BCUT2D eigenvalue weighted by Crippen LogP contribution is 2.41. The number of allylic oxidation sites excluding steroid dienone is 1. The average Bonchev–Trinajstić information content (AvgIpc) is 3.15. The molecule has 2 aliphatic heterocycles. The van der Waals surface area contributed by atoms with Crippen LogP contribution in [0.2, 0.25) is 0 Å². The predicted octanol–water partition coefficient (Wildman–Crippen LogP) is 8.02. The second-order valence-electron chi connectivity index (χ2n) is 13.6. The Hall–Kier alpha value is -4.30. The van der Waals surface area contributed by atoms with Gasteiger partial charge in [0.25, 0.3) is 0 Å². The zero-order chi connectivity index (χ0) is 35.2. The largest absolute Gasteiger partial charge is 0.497 e.